The Kier molecular flexibility index (Phi) is 4.42. The summed E-state index contributed by atoms with van der Waals surface area (Å²) < 4.78 is 14.4. The van der Waals surface area contributed by atoms with Crippen LogP contribution < -0.4 is 10.6 Å². The van der Waals surface area contributed by atoms with Crippen LogP contribution in [0.25, 0.3) is 0 Å². The molecule has 0 amide bonds. The molecule has 0 saturated carbocycles. The topological polar surface area (TPSA) is 61.8 Å². The summed E-state index contributed by atoms with van der Waals surface area (Å²) in [6.07, 6.45) is 0. The lowest BCUT2D eigenvalue weighted by molar-refractivity contribution is 0.318. The van der Waals surface area contributed by atoms with Gasteiger partial charge >= 0.3 is 0 Å². The van der Waals surface area contributed by atoms with Gasteiger partial charge < -0.3 is 15.8 Å². The number of rotatable bonds is 4. The van der Waals surface area contributed by atoms with Crippen molar-refractivity contribution >= 4 is 11.5 Å². The Morgan fingerprint density at radius 3 is 2.67 bits per heavy atom. The first-order valence-corrected chi connectivity index (χ1v) is 6.56. The standard InChI is InChI=1S/C16H18FN3O/c1-11-5-3-7-13(9-11)20(2)10-12-6-4-8-14(15(12)17)16(18)19-21/h3-9,21H,10H2,1-2H3,(H2,18,19). The lowest BCUT2D eigenvalue weighted by atomic mass is 10.1. The molecule has 3 N–H and O–H groups in total. The molecule has 0 bridgehead atoms. The number of oxime groups is 1. The van der Waals surface area contributed by atoms with E-state index in [2.05, 4.69) is 5.16 Å². The Labute approximate surface area is 123 Å². The summed E-state index contributed by atoms with van der Waals surface area (Å²) in [6.45, 7) is 2.40. The monoisotopic (exact) mass is 287 g/mol. The maximum atomic E-state index is 14.4. The van der Waals surface area contributed by atoms with E-state index >= 15 is 0 Å². The fraction of sp³-hybridized carbons (Fsp3) is 0.188. The van der Waals surface area contributed by atoms with E-state index in [-0.39, 0.29) is 11.4 Å². The van der Waals surface area contributed by atoms with Gasteiger partial charge in [-0.3, -0.25) is 0 Å². The molecule has 0 aliphatic heterocycles. The van der Waals surface area contributed by atoms with E-state index in [1.807, 2.05) is 43.1 Å². The van der Waals surface area contributed by atoms with Crippen LogP contribution in [-0.4, -0.2) is 18.1 Å². The Bertz CT molecular complexity index is 670. The van der Waals surface area contributed by atoms with Crippen molar-refractivity contribution in [2.45, 2.75) is 13.5 Å². The molecule has 0 atom stereocenters. The highest BCUT2D eigenvalue weighted by molar-refractivity contribution is 5.97. The predicted molar refractivity (Wildman–Crippen MR) is 82.2 cm³/mol. The van der Waals surface area contributed by atoms with E-state index in [4.69, 9.17) is 10.9 Å². The molecule has 110 valence electrons. The van der Waals surface area contributed by atoms with Gasteiger partial charge in [0.25, 0.3) is 0 Å². The summed E-state index contributed by atoms with van der Waals surface area (Å²) in [5, 5.41) is 11.5. The fourth-order valence-electron chi connectivity index (χ4n) is 2.17. The first-order chi connectivity index (χ1) is 10.0. The second-order valence-corrected chi connectivity index (χ2v) is 4.96. The van der Waals surface area contributed by atoms with Crippen LogP contribution >= 0.6 is 0 Å². The summed E-state index contributed by atoms with van der Waals surface area (Å²) in [7, 11) is 1.89. The van der Waals surface area contributed by atoms with Gasteiger partial charge in [0.05, 0.1) is 5.56 Å². The van der Waals surface area contributed by atoms with E-state index < -0.39 is 5.82 Å². The van der Waals surface area contributed by atoms with Crippen LogP contribution in [0, 0.1) is 12.7 Å². The van der Waals surface area contributed by atoms with Gasteiger partial charge in [0.1, 0.15) is 5.82 Å². The molecule has 0 spiro atoms. The zero-order valence-corrected chi connectivity index (χ0v) is 12.0. The number of aryl methyl sites for hydroxylation is 1. The van der Waals surface area contributed by atoms with Crippen molar-refractivity contribution in [2.24, 2.45) is 10.9 Å². The van der Waals surface area contributed by atoms with E-state index in [9.17, 15) is 4.39 Å². The third-order valence-corrected chi connectivity index (χ3v) is 3.31. The molecule has 0 heterocycles. The summed E-state index contributed by atoms with van der Waals surface area (Å²) in [6, 6.07) is 12.8. The minimum atomic E-state index is -0.465. The second-order valence-electron chi connectivity index (χ2n) is 4.96. The number of anilines is 1. The third kappa shape index (κ3) is 3.31. The van der Waals surface area contributed by atoms with Crippen LogP contribution in [0.1, 0.15) is 16.7 Å². The number of hydrogen-bond acceptors (Lipinski definition) is 3. The van der Waals surface area contributed by atoms with Gasteiger partial charge in [-0.1, -0.05) is 29.4 Å². The number of nitrogens with two attached hydrogens (primary N) is 1. The van der Waals surface area contributed by atoms with Gasteiger partial charge in [0, 0.05) is 24.8 Å². The molecule has 5 heteroatoms. The Morgan fingerprint density at radius 1 is 1.29 bits per heavy atom. The molecule has 0 saturated heterocycles. The smallest absolute Gasteiger partial charge is 0.173 e. The minimum absolute atomic E-state index is 0.104. The minimum Gasteiger partial charge on any atom is -0.409 e. The third-order valence-electron chi connectivity index (χ3n) is 3.31. The Morgan fingerprint density at radius 2 is 2.00 bits per heavy atom. The summed E-state index contributed by atoms with van der Waals surface area (Å²) in [4.78, 5) is 1.95. The molecule has 0 unspecified atom stereocenters. The van der Waals surface area contributed by atoms with Crippen molar-refractivity contribution in [3.63, 3.8) is 0 Å². The van der Waals surface area contributed by atoms with Gasteiger partial charge in [0.2, 0.25) is 0 Å². The van der Waals surface area contributed by atoms with Gasteiger partial charge in [-0.25, -0.2) is 4.39 Å². The molecule has 21 heavy (non-hydrogen) atoms. The maximum Gasteiger partial charge on any atom is 0.173 e. The van der Waals surface area contributed by atoms with Crippen molar-refractivity contribution in [3.05, 3.63) is 65.0 Å². The molecule has 0 aliphatic rings. The number of halogens is 1. The van der Waals surface area contributed by atoms with Crippen LogP contribution in [-0.2, 0) is 6.54 Å². The highest BCUT2D eigenvalue weighted by Crippen LogP contribution is 2.20. The molecular formula is C16H18FN3O. The highest BCUT2D eigenvalue weighted by Gasteiger charge is 2.13. The molecule has 2 rings (SSSR count). The number of hydrogen-bond donors (Lipinski definition) is 2. The molecule has 0 aromatic heterocycles. The van der Waals surface area contributed by atoms with Crippen LogP contribution in [0.2, 0.25) is 0 Å². The van der Waals surface area contributed by atoms with Gasteiger partial charge in [-0.05, 0) is 30.7 Å². The van der Waals surface area contributed by atoms with Crippen LogP contribution in [0.15, 0.2) is 47.6 Å². The molecule has 2 aromatic rings. The number of amidine groups is 1. The van der Waals surface area contributed by atoms with E-state index in [0.29, 0.717) is 12.1 Å². The molecular weight excluding hydrogens is 269 g/mol. The maximum absolute atomic E-state index is 14.4. The van der Waals surface area contributed by atoms with Crippen molar-refractivity contribution in [1.82, 2.24) is 0 Å². The average Bonchev–Trinajstić information content (AvgIpc) is 2.48. The zero-order chi connectivity index (χ0) is 15.4. The first-order valence-electron chi connectivity index (χ1n) is 6.56. The Balaban J connectivity index is 2.28. The van der Waals surface area contributed by atoms with Crippen LogP contribution in [0.4, 0.5) is 10.1 Å². The van der Waals surface area contributed by atoms with Crippen molar-refractivity contribution < 1.29 is 9.60 Å². The van der Waals surface area contributed by atoms with Crippen molar-refractivity contribution in [1.29, 1.82) is 0 Å². The quantitative estimate of drug-likeness (QED) is 0.393. The van der Waals surface area contributed by atoms with E-state index in [1.165, 1.54) is 6.07 Å². The second kappa shape index (κ2) is 6.26. The van der Waals surface area contributed by atoms with Gasteiger partial charge in [0.15, 0.2) is 5.84 Å². The lowest BCUT2D eigenvalue weighted by Gasteiger charge is -2.20. The predicted octanol–water partition coefficient (Wildman–Crippen LogP) is 2.87. The summed E-state index contributed by atoms with van der Waals surface area (Å²) in [5.74, 6) is -0.695. The SMILES string of the molecule is Cc1cccc(N(C)Cc2cccc(/C(N)=N/O)c2F)c1. The van der Waals surface area contributed by atoms with Gasteiger partial charge in [-0.15, -0.1) is 0 Å². The van der Waals surface area contributed by atoms with Crippen LogP contribution in [0.5, 0.6) is 0 Å². The normalized spacial score (nSPS) is 11.5. The number of benzene rings is 2. The summed E-state index contributed by atoms with van der Waals surface area (Å²) >= 11 is 0. The first kappa shape index (κ1) is 14.8. The number of nitrogens with zero attached hydrogens (tertiary/aromatic N) is 2. The van der Waals surface area contributed by atoms with E-state index in [0.717, 1.165) is 11.3 Å². The average molecular weight is 287 g/mol. The van der Waals surface area contributed by atoms with Crippen molar-refractivity contribution in [2.75, 3.05) is 11.9 Å². The largest absolute Gasteiger partial charge is 0.409 e. The molecule has 0 radical (unpaired) electrons. The summed E-state index contributed by atoms with van der Waals surface area (Å²) in [5.41, 5.74) is 8.21. The van der Waals surface area contributed by atoms with E-state index in [1.54, 1.807) is 12.1 Å². The molecule has 0 fully saturated rings. The highest BCUT2D eigenvalue weighted by atomic mass is 19.1. The zero-order valence-electron chi connectivity index (χ0n) is 12.0. The Hall–Kier alpha value is -2.56. The van der Waals surface area contributed by atoms with Gasteiger partial charge in [-0.2, -0.15) is 0 Å². The fourth-order valence-corrected chi connectivity index (χ4v) is 2.17. The van der Waals surface area contributed by atoms with Crippen molar-refractivity contribution in [3.8, 4) is 0 Å². The van der Waals surface area contributed by atoms with Crippen LogP contribution in [0.3, 0.4) is 0 Å². The molecule has 2 aromatic carbocycles. The molecule has 4 nitrogen and oxygen atoms in total. The molecule has 0 aliphatic carbocycles. The lowest BCUT2D eigenvalue weighted by Crippen LogP contribution is -2.20.